The van der Waals surface area contributed by atoms with Gasteiger partial charge in [0, 0.05) is 17.6 Å². The average Bonchev–Trinajstić information content (AvgIpc) is 2.38. The van der Waals surface area contributed by atoms with E-state index < -0.39 is 0 Å². The number of ether oxygens (including phenoxy) is 1. The van der Waals surface area contributed by atoms with Crippen molar-refractivity contribution in [2.75, 3.05) is 20.2 Å². The Hall–Kier alpha value is -0.130. The van der Waals surface area contributed by atoms with Crippen molar-refractivity contribution in [1.29, 1.82) is 0 Å². The van der Waals surface area contributed by atoms with Gasteiger partial charge < -0.3 is 9.64 Å². The van der Waals surface area contributed by atoms with Gasteiger partial charge in [-0.2, -0.15) is 0 Å². The molecule has 98 valence electrons. The molecule has 18 heavy (non-hydrogen) atoms. The fourth-order valence-electron chi connectivity index (χ4n) is 2.19. The van der Waals surface area contributed by atoms with Crippen LogP contribution in [0, 0.1) is 0 Å². The third kappa shape index (κ3) is 3.06. The van der Waals surface area contributed by atoms with Crippen molar-refractivity contribution >= 4 is 49.1 Å². The SMILES string of the molecule is COc1c(Br)cc(Br)cc1C(=S)N1CCCCC1. The van der Waals surface area contributed by atoms with Gasteiger partial charge in [0.2, 0.25) is 0 Å². The lowest BCUT2D eigenvalue weighted by atomic mass is 10.1. The van der Waals surface area contributed by atoms with Gasteiger partial charge in [-0.25, -0.2) is 0 Å². The molecule has 2 rings (SSSR count). The number of nitrogens with zero attached hydrogens (tertiary/aromatic N) is 1. The van der Waals surface area contributed by atoms with Gasteiger partial charge in [-0.05, 0) is 47.3 Å². The summed E-state index contributed by atoms with van der Waals surface area (Å²) in [4.78, 5) is 3.16. The molecule has 0 N–H and O–H groups in total. The molecular weight excluding hydrogens is 378 g/mol. The van der Waals surface area contributed by atoms with Crippen LogP contribution in [0.15, 0.2) is 21.1 Å². The summed E-state index contributed by atoms with van der Waals surface area (Å²) < 4.78 is 7.39. The fraction of sp³-hybridized carbons (Fsp3) is 0.462. The Morgan fingerprint density at radius 2 is 1.89 bits per heavy atom. The molecule has 1 saturated heterocycles. The van der Waals surface area contributed by atoms with Crippen LogP contribution in [-0.2, 0) is 0 Å². The number of likely N-dealkylation sites (tertiary alicyclic amines) is 1. The summed E-state index contributed by atoms with van der Waals surface area (Å²) in [6, 6.07) is 4.00. The van der Waals surface area contributed by atoms with E-state index in [-0.39, 0.29) is 0 Å². The van der Waals surface area contributed by atoms with Gasteiger partial charge in [-0.3, -0.25) is 0 Å². The van der Waals surface area contributed by atoms with E-state index >= 15 is 0 Å². The topological polar surface area (TPSA) is 12.5 Å². The number of hydrogen-bond donors (Lipinski definition) is 0. The molecule has 1 aliphatic rings. The highest BCUT2D eigenvalue weighted by molar-refractivity contribution is 9.11. The van der Waals surface area contributed by atoms with E-state index in [0.29, 0.717) is 0 Å². The zero-order valence-corrected chi connectivity index (χ0v) is 14.2. The molecule has 2 nitrogen and oxygen atoms in total. The van der Waals surface area contributed by atoms with Crippen LogP contribution in [0.25, 0.3) is 0 Å². The van der Waals surface area contributed by atoms with Crippen molar-refractivity contribution in [3.05, 3.63) is 26.6 Å². The van der Waals surface area contributed by atoms with Crippen LogP contribution in [0.3, 0.4) is 0 Å². The van der Waals surface area contributed by atoms with E-state index in [0.717, 1.165) is 38.3 Å². The minimum absolute atomic E-state index is 0.814. The van der Waals surface area contributed by atoms with Crippen LogP contribution < -0.4 is 4.74 Å². The first kappa shape index (κ1) is 14.3. The van der Waals surface area contributed by atoms with E-state index in [1.54, 1.807) is 7.11 Å². The molecule has 0 saturated carbocycles. The summed E-state index contributed by atoms with van der Waals surface area (Å²) in [5.74, 6) is 0.814. The van der Waals surface area contributed by atoms with Crippen LogP contribution in [-0.4, -0.2) is 30.1 Å². The Bertz CT molecular complexity index is 459. The zero-order valence-electron chi connectivity index (χ0n) is 10.2. The molecule has 0 unspecified atom stereocenters. The molecule has 1 heterocycles. The summed E-state index contributed by atoms with van der Waals surface area (Å²) in [7, 11) is 1.68. The van der Waals surface area contributed by atoms with Crippen LogP contribution in [0.2, 0.25) is 0 Å². The number of thiocarbonyl (C=S) groups is 1. The summed E-state index contributed by atoms with van der Waals surface area (Å²) >= 11 is 12.6. The van der Waals surface area contributed by atoms with Gasteiger partial charge in [-0.1, -0.05) is 28.1 Å². The average molecular weight is 393 g/mol. The maximum Gasteiger partial charge on any atom is 0.143 e. The van der Waals surface area contributed by atoms with Gasteiger partial charge in [0.15, 0.2) is 0 Å². The summed E-state index contributed by atoms with van der Waals surface area (Å²) in [6.45, 7) is 2.10. The second-order valence-electron chi connectivity index (χ2n) is 4.32. The predicted molar refractivity (Wildman–Crippen MR) is 85.5 cm³/mol. The van der Waals surface area contributed by atoms with E-state index in [4.69, 9.17) is 17.0 Å². The largest absolute Gasteiger partial charge is 0.495 e. The monoisotopic (exact) mass is 391 g/mol. The zero-order chi connectivity index (χ0) is 13.1. The number of benzene rings is 1. The minimum atomic E-state index is 0.814. The Kier molecular flexibility index (Phi) is 5.04. The van der Waals surface area contributed by atoms with Crippen molar-refractivity contribution in [2.24, 2.45) is 0 Å². The lowest BCUT2D eigenvalue weighted by molar-refractivity contribution is 0.345. The lowest BCUT2D eigenvalue weighted by Gasteiger charge is -2.30. The fourth-order valence-corrected chi connectivity index (χ4v) is 3.92. The van der Waals surface area contributed by atoms with E-state index in [1.165, 1.54) is 19.3 Å². The molecule has 0 bridgehead atoms. The molecule has 1 aromatic carbocycles. The molecule has 0 atom stereocenters. The Balaban J connectivity index is 2.33. The minimum Gasteiger partial charge on any atom is -0.495 e. The van der Waals surface area contributed by atoms with Gasteiger partial charge >= 0.3 is 0 Å². The molecule has 1 aliphatic heterocycles. The number of methoxy groups -OCH3 is 1. The third-order valence-electron chi connectivity index (χ3n) is 3.09. The first-order valence-electron chi connectivity index (χ1n) is 5.96. The quantitative estimate of drug-likeness (QED) is 0.693. The van der Waals surface area contributed by atoms with Crippen LogP contribution in [0.4, 0.5) is 0 Å². The first-order valence-corrected chi connectivity index (χ1v) is 7.95. The molecule has 0 amide bonds. The Labute approximate surface area is 130 Å². The van der Waals surface area contributed by atoms with Crippen LogP contribution in [0.5, 0.6) is 5.75 Å². The maximum absolute atomic E-state index is 5.62. The number of hydrogen-bond acceptors (Lipinski definition) is 2. The molecule has 1 aromatic rings. The highest BCUT2D eigenvalue weighted by Crippen LogP contribution is 2.34. The highest BCUT2D eigenvalue weighted by Gasteiger charge is 2.20. The van der Waals surface area contributed by atoms with Crippen molar-refractivity contribution in [3.8, 4) is 5.75 Å². The van der Waals surface area contributed by atoms with Crippen molar-refractivity contribution in [2.45, 2.75) is 19.3 Å². The van der Waals surface area contributed by atoms with Crippen LogP contribution >= 0.6 is 44.1 Å². The molecule has 0 spiro atoms. The molecule has 0 radical (unpaired) electrons. The molecule has 0 aromatic heterocycles. The third-order valence-corrected chi connectivity index (χ3v) is 4.61. The lowest BCUT2D eigenvalue weighted by Crippen LogP contribution is -2.35. The standard InChI is InChI=1S/C13H15Br2NOS/c1-17-12-10(7-9(14)8-11(12)15)13(18)16-5-3-2-4-6-16/h7-8H,2-6H2,1H3. The predicted octanol–water partition coefficient (Wildman–Crippen LogP) is 4.38. The van der Waals surface area contributed by atoms with E-state index in [2.05, 4.69) is 36.8 Å². The summed E-state index contributed by atoms with van der Waals surface area (Å²) in [5.41, 5.74) is 0.982. The molecule has 0 aliphatic carbocycles. The van der Waals surface area contributed by atoms with Gasteiger partial charge in [0.25, 0.3) is 0 Å². The summed E-state index contributed by atoms with van der Waals surface area (Å²) in [6.07, 6.45) is 3.74. The van der Waals surface area contributed by atoms with Gasteiger partial charge in [0.05, 0.1) is 17.1 Å². The smallest absolute Gasteiger partial charge is 0.143 e. The second-order valence-corrected chi connectivity index (χ2v) is 6.48. The molecule has 5 heteroatoms. The number of halogens is 2. The molecule has 1 fully saturated rings. The first-order chi connectivity index (χ1) is 8.63. The number of piperidine rings is 1. The Morgan fingerprint density at radius 1 is 1.22 bits per heavy atom. The molecular formula is C13H15Br2NOS. The number of rotatable bonds is 2. The van der Waals surface area contributed by atoms with Crippen molar-refractivity contribution in [3.63, 3.8) is 0 Å². The van der Waals surface area contributed by atoms with Crippen molar-refractivity contribution < 1.29 is 4.74 Å². The second kappa shape index (κ2) is 6.35. The highest BCUT2D eigenvalue weighted by atomic mass is 79.9. The normalized spacial score (nSPS) is 15.6. The van der Waals surface area contributed by atoms with E-state index in [1.807, 2.05) is 12.1 Å². The summed E-state index contributed by atoms with van der Waals surface area (Å²) in [5, 5.41) is 0. The van der Waals surface area contributed by atoms with Crippen LogP contribution in [0.1, 0.15) is 24.8 Å². The van der Waals surface area contributed by atoms with Crippen molar-refractivity contribution in [1.82, 2.24) is 4.90 Å². The van der Waals surface area contributed by atoms with Gasteiger partial charge in [0.1, 0.15) is 10.7 Å². The maximum atomic E-state index is 5.62. The van der Waals surface area contributed by atoms with Gasteiger partial charge in [-0.15, -0.1) is 0 Å². The van der Waals surface area contributed by atoms with E-state index in [9.17, 15) is 0 Å². The Morgan fingerprint density at radius 3 is 2.50 bits per heavy atom.